The lowest BCUT2D eigenvalue weighted by Crippen LogP contribution is -2.46. The largest absolute Gasteiger partial charge is 0.497 e. The monoisotopic (exact) mass is 542 g/mol. The van der Waals surface area contributed by atoms with Gasteiger partial charge in [0.1, 0.15) is 11.6 Å². The molecule has 2 aromatic rings. The zero-order chi connectivity index (χ0) is 21.3. The van der Waals surface area contributed by atoms with Crippen LogP contribution < -0.4 is 15.4 Å². The van der Waals surface area contributed by atoms with Crippen LogP contribution in [0.25, 0.3) is 0 Å². The molecule has 1 saturated heterocycles. The Labute approximate surface area is 201 Å². The average molecular weight is 542 g/mol. The summed E-state index contributed by atoms with van der Waals surface area (Å²) in [6.45, 7) is 6.19. The zero-order valence-corrected chi connectivity index (χ0v) is 20.7. The number of nitrogens with one attached hydrogen (secondary N) is 2. The number of methoxy groups -OCH3 is 1. The summed E-state index contributed by atoms with van der Waals surface area (Å²) < 4.78 is 24.6. The maximum absolute atomic E-state index is 13.8. The number of aryl methyl sites for hydroxylation is 1. The van der Waals surface area contributed by atoms with Gasteiger partial charge in [0.25, 0.3) is 0 Å². The van der Waals surface area contributed by atoms with Crippen LogP contribution in [0.15, 0.2) is 47.5 Å². The summed E-state index contributed by atoms with van der Waals surface area (Å²) in [5.74, 6) is 1.34. The molecule has 0 aliphatic carbocycles. The van der Waals surface area contributed by atoms with Gasteiger partial charge in [0.15, 0.2) is 5.96 Å². The number of morpholine rings is 1. The van der Waals surface area contributed by atoms with Crippen molar-refractivity contribution in [2.45, 2.75) is 19.5 Å². The number of guanidine groups is 1. The molecule has 2 aromatic carbocycles. The van der Waals surface area contributed by atoms with Crippen LogP contribution in [0.5, 0.6) is 5.75 Å². The summed E-state index contributed by atoms with van der Waals surface area (Å²) >= 11 is 0. The third kappa shape index (κ3) is 7.33. The van der Waals surface area contributed by atoms with E-state index in [-0.39, 0.29) is 35.8 Å². The van der Waals surface area contributed by atoms with Crippen LogP contribution in [0, 0.1) is 12.7 Å². The Morgan fingerprint density at radius 1 is 1.16 bits per heavy atom. The molecule has 0 amide bonds. The Morgan fingerprint density at radius 3 is 2.48 bits per heavy atom. The summed E-state index contributed by atoms with van der Waals surface area (Å²) in [6.07, 6.45) is 0. The van der Waals surface area contributed by atoms with Gasteiger partial charge in [0.2, 0.25) is 0 Å². The predicted molar refractivity (Wildman–Crippen MR) is 133 cm³/mol. The van der Waals surface area contributed by atoms with Gasteiger partial charge in [-0.2, -0.15) is 0 Å². The quantitative estimate of drug-likeness (QED) is 0.319. The molecule has 31 heavy (non-hydrogen) atoms. The lowest BCUT2D eigenvalue weighted by molar-refractivity contribution is 0.0170. The van der Waals surface area contributed by atoms with E-state index in [1.165, 1.54) is 5.56 Å². The Morgan fingerprint density at radius 2 is 1.87 bits per heavy atom. The smallest absolute Gasteiger partial charge is 0.191 e. The molecule has 0 aromatic heterocycles. The molecule has 0 saturated carbocycles. The van der Waals surface area contributed by atoms with Crippen molar-refractivity contribution in [1.82, 2.24) is 15.5 Å². The van der Waals surface area contributed by atoms with Crippen molar-refractivity contribution in [3.05, 3.63) is 65.0 Å². The fourth-order valence-corrected chi connectivity index (χ4v) is 3.52. The standard InChI is InChI=1S/C23H31FN4O2.HI/c1-17-4-5-18(14-21(17)24)15-26-23(25-2)27-16-22(28-10-12-30-13-11-28)19-6-8-20(29-3)9-7-19;/h4-9,14,22H,10-13,15-16H2,1-3H3,(H2,25,26,27);1H. The van der Waals surface area contributed by atoms with Crippen LogP contribution in [-0.2, 0) is 11.3 Å². The number of aliphatic imine (C=N–C) groups is 1. The van der Waals surface area contributed by atoms with E-state index in [2.05, 4.69) is 32.7 Å². The van der Waals surface area contributed by atoms with Crippen molar-refractivity contribution in [3.63, 3.8) is 0 Å². The predicted octanol–water partition coefficient (Wildman–Crippen LogP) is 3.50. The summed E-state index contributed by atoms with van der Waals surface area (Å²) in [5.41, 5.74) is 2.73. The molecular weight excluding hydrogens is 510 g/mol. The van der Waals surface area contributed by atoms with E-state index in [0.717, 1.165) is 37.6 Å². The lowest BCUT2D eigenvalue weighted by Gasteiger charge is -2.35. The van der Waals surface area contributed by atoms with Crippen LogP contribution in [-0.4, -0.2) is 57.9 Å². The summed E-state index contributed by atoms with van der Waals surface area (Å²) in [6, 6.07) is 13.6. The molecule has 1 atom stereocenters. The van der Waals surface area contributed by atoms with Gasteiger partial charge in [-0.25, -0.2) is 4.39 Å². The summed E-state index contributed by atoms with van der Waals surface area (Å²) in [7, 11) is 3.41. The van der Waals surface area contributed by atoms with E-state index in [1.807, 2.05) is 18.2 Å². The Hall–Kier alpha value is -1.91. The molecule has 0 radical (unpaired) electrons. The van der Waals surface area contributed by atoms with Crippen molar-refractivity contribution >= 4 is 29.9 Å². The number of nitrogens with zero attached hydrogens (tertiary/aromatic N) is 2. The van der Waals surface area contributed by atoms with Crippen LogP contribution in [0.4, 0.5) is 4.39 Å². The van der Waals surface area contributed by atoms with Crippen LogP contribution in [0.3, 0.4) is 0 Å². The first-order valence-electron chi connectivity index (χ1n) is 10.3. The second-order valence-corrected chi connectivity index (χ2v) is 7.33. The highest BCUT2D eigenvalue weighted by molar-refractivity contribution is 14.0. The van der Waals surface area contributed by atoms with Gasteiger partial charge in [0, 0.05) is 33.2 Å². The van der Waals surface area contributed by atoms with E-state index < -0.39 is 0 Å². The molecule has 1 fully saturated rings. The molecular formula is C23H32FIN4O2. The molecule has 1 aliphatic rings. The van der Waals surface area contributed by atoms with Gasteiger partial charge in [-0.15, -0.1) is 24.0 Å². The van der Waals surface area contributed by atoms with Crippen molar-refractivity contribution < 1.29 is 13.9 Å². The van der Waals surface area contributed by atoms with Crippen LogP contribution in [0.1, 0.15) is 22.7 Å². The van der Waals surface area contributed by atoms with Gasteiger partial charge >= 0.3 is 0 Å². The summed E-state index contributed by atoms with van der Waals surface area (Å²) in [5, 5.41) is 6.69. The first-order chi connectivity index (χ1) is 14.6. The molecule has 2 N–H and O–H groups in total. The minimum Gasteiger partial charge on any atom is -0.497 e. The molecule has 3 rings (SSSR count). The van der Waals surface area contributed by atoms with Crippen LogP contribution >= 0.6 is 24.0 Å². The Balaban J connectivity index is 0.00000341. The maximum atomic E-state index is 13.8. The number of hydrogen-bond acceptors (Lipinski definition) is 4. The molecule has 170 valence electrons. The van der Waals surface area contributed by atoms with Crippen molar-refractivity contribution in [2.75, 3.05) is 47.0 Å². The number of hydrogen-bond donors (Lipinski definition) is 2. The SMILES string of the molecule is CN=C(NCc1ccc(C)c(F)c1)NCC(c1ccc(OC)cc1)N1CCOCC1.I. The second kappa shape index (κ2) is 12.8. The lowest BCUT2D eigenvalue weighted by atomic mass is 10.0. The topological polar surface area (TPSA) is 58.1 Å². The minimum absolute atomic E-state index is 0. The number of rotatable bonds is 7. The second-order valence-electron chi connectivity index (χ2n) is 7.33. The molecule has 1 aliphatic heterocycles. The molecule has 1 unspecified atom stereocenters. The molecule has 8 heteroatoms. The van der Waals surface area contributed by atoms with E-state index in [4.69, 9.17) is 9.47 Å². The maximum Gasteiger partial charge on any atom is 0.191 e. The Bertz CT molecular complexity index is 842. The molecule has 0 bridgehead atoms. The highest BCUT2D eigenvalue weighted by Gasteiger charge is 2.23. The third-order valence-electron chi connectivity index (χ3n) is 5.37. The first-order valence-corrected chi connectivity index (χ1v) is 10.3. The fourth-order valence-electron chi connectivity index (χ4n) is 3.52. The fraction of sp³-hybridized carbons (Fsp3) is 0.435. The zero-order valence-electron chi connectivity index (χ0n) is 18.4. The first kappa shape index (κ1) is 25.4. The normalized spacial score (nSPS) is 15.7. The molecule has 1 heterocycles. The number of halogens is 2. The number of benzene rings is 2. The van der Waals surface area contributed by atoms with Gasteiger partial charge in [-0.3, -0.25) is 9.89 Å². The van der Waals surface area contributed by atoms with E-state index in [0.29, 0.717) is 24.6 Å². The third-order valence-corrected chi connectivity index (χ3v) is 5.37. The van der Waals surface area contributed by atoms with E-state index in [9.17, 15) is 4.39 Å². The van der Waals surface area contributed by atoms with Crippen LogP contribution in [0.2, 0.25) is 0 Å². The van der Waals surface area contributed by atoms with E-state index in [1.54, 1.807) is 33.2 Å². The van der Waals surface area contributed by atoms with Gasteiger partial charge in [-0.1, -0.05) is 24.3 Å². The van der Waals surface area contributed by atoms with Crippen molar-refractivity contribution in [1.29, 1.82) is 0 Å². The van der Waals surface area contributed by atoms with Gasteiger partial charge in [0.05, 0.1) is 26.4 Å². The molecule has 0 spiro atoms. The van der Waals surface area contributed by atoms with Gasteiger partial charge in [-0.05, 0) is 41.8 Å². The van der Waals surface area contributed by atoms with Gasteiger partial charge < -0.3 is 20.1 Å². The van der Waals surface area contributed by atoms with Crippen molar-refractivity contribution in [3.8, 4) is 5.75 Å². The Kier molecular flexibility index (Phi) is 10.5. The highest BCUT2D eigenvalue weighted by Crippen LogP contribution is 2.23. The average Bonchev–Trinajstić information content (AvgIpc) is 2.79. The summed E-state index contributed by atoms with van der Waals surface area (Å²) in [4.78, 5) is 6.74. The molecule has 6 nitrogen and oxygen atoms in total. The highest BCUT2D eigenvalue weighted by atomic mass is 127. The number of ether oxygens (including phenoxy) is 2. The van der Waals surface area contributed by atoms with E-state index >= 15 is 0 Å². The van der Waals surface area contributed by atoms with Crippen molar-refractivity contribution in [2.24, 2.45) is 4.99 Å². The minimum atomic E-state index is -0.191.